The van der Waals surface area contributed by atoms with Gasteiger partial charge in [0.15, 0.2) is 0 Å². The molecule has 0 aliphatic heterocycles. The SMILES string of the molecule is CC(=O)OC(C)(C)C1(C)CCCCC1. The molecule has 1 rings (SSSR count). The summed E-state index contributed by atoms with van der Waals surface area (Å²) in [5.74, 6) is -0.165. The summed E-state index contributed by atoms with van der Waals surface area (Å²) >= 11 is 0. The number of ether oxygens (including phenoxy) is 1. The van der Waals surface area contributed by atoms with Crippen molar-refractivity contribution >= 4 is 5.97 Å². The van der Waals surface area contributed by atoms with Crippen LogP contribution in [0.5, 0.6) is 0 Å². The second-order valence-corrected chi connectivity index (χ2v) is 5.23. The van der Waals surface area contributed by atoms with Gasteiger partial charge in [0.1, 0.15) is 5.60 Å². The first-order valence-corrected chi connectivity index (χ1v) is 5.57. The molecule has 82 valence electrons. The fourth-order valence-electron chi connectivity index (χ4n) is 2.42. The first-order chi connectivity index (χ1) is 6.37. The maximum Gasteiger partial charge on any atom is 0.303 e. The Morgan fingerprint density at radius 1 is 1.21 bits per heavy atom. The summed E-state index contributed by atoms with van der Waals surface area (Å²) in [4.78, 5) is 11.0. The number of rotatable bonds is 2. The van der Waals surface area contributed by atoms with E-state index in [0.717, 1.165) is 0 Å². The van der Waals surface area contributed by atoms with Gasteiger partial charge in [0.25, 0.3) is 0 Å². The molecular formula is C12H22O2. The van der Waals surface area contributed by atoms with Crippen LogP contribution in [0.25, 0.3) is 0 Å². The van der Waals surface area contributed by atoms with Crippen molar-refractivity contribution in [3.8, 4) is 0 Å². The molecule has 1 aliphatic rings. The highest BCUT2D eigenvalue weighted by Crippen LogP contribution is 2.46. The van der Waals surface area contributed by atoms with Gasteiger partial charge in [-0.05, 0) is 26.7 Å². The molecule has 1 fully saturated rings. The van der Waals surface area contributed by atoms with E-state index in [4.69, 9.17) is 4.74 Å². The molecule has 14 heavy (non-hydrogen) atoms. The van der Waals surface area contributed by atoms with Crippen LogP contribution < -0.4 is 0 Å². The van der Waals surface area contributed by atoms with Crippen molar-refractivity contribution in [1.29, 1.82) is 0 Å². The molecule has 0 aromatic carbocycles. The van der Waals surface area contributed by atoms with Crippen molar-refractivity contribution in [1.82, 2.24) is 0 Å². The number of carbonyl (C=O) groups is 1. The first kappa shape index (κ1) is 11.5. The molecule has 0 N–H and O–H groups in total. The van der Waals surface area contributed by atoms with E-state index >= 15 is 0 Å². The van der Waals surface area contributed by atoms with E-state index in [0.29, 0.717) is 0 Å². The molecule has 0 bridgehead atoms. The fraction of sp³-hybridized carbons (Fsp3) is 0.917. The molecule has 0 spiro atoms. The highest BCUT2D eigenvalue weighted by molar-refractivity contribution is 5.66. The maximum atomic E-state index is 11.0. The van der Waals surface area contributed by atoms with Gasteiger partial charge in [-0.25, -0.2) is 0 Å². The molecule has 0 heterocycles. The molecule has 0 aromatic heterocycles. The highest BCUT2D eigenvalue weighted by Gasteiger charge is 2.43. The lowest BCUT2D eigenvalue weighted by atomic mass is 9.66. The molecule has 0 atom stereocenters. The molecule has 2 nitrogen and oxygen atoms in total. The highest BCUT2D eigenvalue weighted by atomic mass is 16.6. The van der Waals surface area contributed by atoms with Crippen LogP contribution in [0.2, 0.25) is 0 Å². The van der Waals surface area contributed by atoms with E-state index in [9.17, 15) is 4.79 Å². The minimum absolute atomic E-state index is 0.164. The third-order valence-electron chi connectivity index (χ3n) is 3.81. The van der Waals surface area contributed by atoms with Crippen molar-refractivity contribution in [2.75, 3.05) is 0 Å². The van der Waals surface area contributed by atoms with E-state index in [1.54, 1.807) is 0 Å². The number of hydrogen-bond donors (Lipinski definition) is 0. The standard InChI is InChI=1S/C12H22O2/c1-10(13)14-11(2,3)12(4)8-6-5-7-9-12/h5-9H2,1-4H3. The van der Waals surface area contributed by atoms with Crippen LogP contribution >= 0.6 is 0 Å². The van der Waals surface area contributed by atoms with E-state index in [-0.39, 0.29) is 17.0 Å². The van der Waals surface area contributed by atoms with Crippen molar-refractivity contribution < 1.29 is 9.53 Å². The lowest BCUT2D eigenvalue weighted by Gasteiger charge is -2.45. The van der Waals surface area contributed by atoms with Crippen LogP contribution in [0, 0.1) is 5.41 Å². The molecule has 0 amide bonds. The van der Waals surface area contributed by atoms with Crippen LogP contribution in [-0.2, 0) is 9.53 Å². The molecule has 0 aromatic rings. The molecule has 0 radical (unpaired) electrons. The molecular weight excluding hydrogens is 176 g/mol. The van der Waals surface area contributed by atoms with Gasteiger partial charge in [-0.3, -0.25) is 4.79 Å². The van der Waals surface area contributed by atoms with Gasteiger partial charge < -0.3 is 4.74 Å². The number of esters is 1. The third kappa shape index (κ3) is 2.28. The minimum atomic E-state index is -0.320. The van der Waals surface area contributed by atoms with Gasteiger partial charge in [0.05, 0.1) is 0 Å². The zero-order valence-electron chi connectivity index (χ0n) is 9.85. The van der Waals surface area contributed by atoms with Crippen molar-refractivity contribution in [3.05, 3.63) is 0 Å². The van der Waals surface area contributed by atoms with Crippen LogP contribution in [0.3, 0.4) is 0 Å². The monoisotopic (exact) mass is 198 g/mol. The van der Waals surface area contributed by atoms with Gasteiger partial charge >= 0.3 is 5.97 Å². The Bertz CT molecular complexity index is 212. The van der Waals surface area contributed by atoms with E-state index in [2.05, 4.69) is 6.92 Å². The van der Waals surface area contributed by atoms with Crippen LogP contribution in [0.1, 0.15) is 59.8 Å². The average Bonchev–Trinajstić information content (AvgIpc) is 2.02. The van der Waals surface area contributed by atoms with Gasteiger partial charge in [0.2, 0.25) is 0 Å². The average molecular weight is 198 g/mol. The Morgan fingerprint density at radius 3 is 2.14 bits per heavy atom. The lowest BCUT2D eigenvalue weighted by molar-refractivity contribution is -0.170. The molecule has 0 saturated heterocycles. The first-order valence-electron chi connectivity index (χ1n) is 5.57. The van der Waals surface area contributed by atoms with Gasteiger partial charge in [-0.1, -0.05) is 26.2 Å². The number of carbonyl (C=O) groups excluding carboxylic acids is 1. The fourth-order valence-corrected chi connectivity index (χ4v) is 2.42. The van der Waals surface area contributed by atoms with Gasteiger partial charge in [0, 0.05) is 12.3 Å². The summed E-state index contributed by atoms with van der Waals surface area (Å²) in [6, 6.07) is 0. The Hall–Kier alpha value is -0.530. The van der Waals surface area contributed by atoms with E-state index in [1.807, 2.05) is 13.8 Å². The topological polar surface area (TPSA) is 26.3 Å². The quantitative estimate of drug-likeness (QED) is 0.636. The Kier molecular flexibility index (Phi) is 3.23. The summed E-state index contributed by atoms with van der Waals surface area (Å²) < 4.78 is 5.44. The second kappa shape index (κ2) is 3.92. The molecule has 0 unspecified atom stereocenters. The molecule has 2 heteroatoms. The molecule has 1 aliphatic carbocycles. The zero-order valence-corrected chi connectivity index (χ0v) is 9.85. The predicted octanol–water partition coefficient (Wildman–Crippen LogP) is 3.30. The Labute approximate surface area is 87.0 Å². The van der Waals surface area contributed by atoms with E-state index < -0.39 is 0 Å². The largest absolute Gasteiger partial charge is 0.459 e. The predicted molar refractivity (Wildman–Crippen MR) is 57.0 cm³/mol. The van der Waals surface area contributed by atoms with Crippen LogP contribution in [-0.4, -0.2) is 11.6 Å². The summed E-state index contributed by atoms with van der Waals surface area (Å²) in [6.07, 6.45) is 6.20. The zero-order chi connectivity index (χ0) is 10.8. The van der Waals surface area contributed by atoms with Crippen molar-refractivity contribution in [2.24, 2.45) is 5.41 Å². The molecule has 1 saturated carbocycles. The van der Waals surface area contributed by atoms with Gasteiger partial charge in [-0.15, -0.1) is 0 Å². The van der Waals surface area contributed by atoms with E-state index in [1.165, 1.54) is 39.0 Å². The second-order valence-electron chi connectivity index (χ2n) is 5.23. The van der Waals surface area contributed by atoms with Gasteiger partial charge in [-0.2, -0.15) is 0 Å². The minimum Gasteiger partial charge on any atom is -0.459 e. The smallest absolute Gasteiger partial charge is 0.303 e. The summed E-state index contributed by atoms with van der Waals surface area (Å²) in [6.45, 7) is 7.82. The summed E-state index contributed by atoms with van der Waals surface area (Å²) in [7, 11) is 0. The Morgan fingerprint density at radius 2 is 1.71 bits per heavy atom. The third-order valence-corrected chi connectivity index (χ3v) is 3.81. The van der Waals surface area contributed by atoms with Crippen LogP contribution in [0.15, 0.2) is 0 Å². The summed E-state index contributed by atoms with van der Waals surface area (Å²) in [5, 5.41) is 0. The van der Waals surface area contributed by atoms with Crippen molar-refractivity contribution in [2.45, 2.75) is 65.4 Å². The van der Waals surface area contributed by atoms with Crippen molar-refractivity contribution in [3.63, 3.8) is 0 Å². The Balaban J connectivity index is 2.72. The number of hydrogen-bond acceptors (Lipinski definition) is 2. The lowest BCUT2D eigenvalue weighted by Crippen LogP contribution is -2.45. The van der Waals surface area contributed by atoms with Crippen LogP contribution in [0.4, 0.5) is 0 Å². The summed E-state index contributed by atoms with van der Waals surface area (Å²) in [5.41, 5.74) is -0.157. The normalized spacial score (nSPS) is 21.7. The maximum absolute atomic E-state index is 11.0.